The minimum atomic E-state index is -0.171. The van der Waals surface area contributed by atoms with Gasteiger partial charge in [-0.3, -0.25) is 4.79 Å². The molecule has 0 saturated carbocycles. The summed E-state index contributed by atoms with van der Waals surface area (Å²) >= 11 is 0. The van der Waals surface area contributed by atoms with Gasteiger partial charge in [-0.05, 0) is 25.7 Å². The van der Waals surface area contributed by atoms with Crippen molar-refractivity contribution in [1.29, 1.82) is 0 Å². The smallest absolute Gasteiger partial charge is 0.306 e. The Balaban J connectivity index is 3.65. The lowest BCUT2D eigenvalue weighted by atomic mass is 9.98. The predicted octanol–water partition coefficient (Wildman–Crippen LogP) is 4.45. The minimum Gasteiger partial charge on any atom is -0.466 e. The number of ether oxygens (including phenoxy) is 1. The SMILES string of the molecule is C/C=C/CC(CC=O)CC(=O)OCCCCCCCC. The summed E-state index contributed by atoms with van der Waals surface area (Å²) in [6, 6.07) is 0. The van der Waals surface area contributed by atoms with Crippen molar-refractivity contribution < 1.29 is 14.3 Å². The third-order valence-electron chi connectivity index (χ3n) is 3.35. The lowest BCUT2D eigenvalue weighted by Gasteiger charge is -2.11. The molecule has 0 N–H and O–H groups in total. The Bertz CT molecular complexity index is 271. The maximum atomic E-state index is 11.7. The largest absolute Gasteiger partial charge is 0.466 e. The summed E-state index contributed by atoms with van der Waals surface area (Å²) in [5, 5.41) is 0. The van der Waals surface area contributed by atoms with Gasteiger partial charge in [0.05, 0.1) is 6.61 Å². The number of aldehydes is 1. The molecule has 0 fully saturated rings. The lowest BCUT2D eigenvalue weighted by Crippen LogP contribution is -2.12. The van der Waals surface area contributed by atoms with Gasteiger partial charge >= 0.3 is 5.97 Å². The molecule has 0 aromatic heterocycles. The average Bonchev–Trinajstić information content (AvgIpc) is 2.44. The fourth-order valence-electron chi connectivity index (χ4n) is 2.09. The van der Waals surface area contributed by atoms with E-state index in [2.05, 4.69) is 6.92 Å². The molecular formula is C17H30O3. The zero-order valence-electron chi connectivity index (χ0n) is 13.1. The van der Waals surface area contributed by atoms with E-state index in [1.54, 1.807) is 0 Å². The van der Waals surface area contributed by atoms with Crippen LogP contribution in [0.3, 0.4) is 0 Å². The average molecular weight is 282 g/mol. The van der Waals surface area contributed by atoms with Crippen LogP contribution in [0.15, 0.2) is 12.2 Å². The van der Waals surface area contributed by atoms with Gasteiger partial charge in [-0.25, -0.2) is 0 Å². The van der Waals surface area contributed by atoms with Crippen molar-refractivity contribution >= 4 is 12.3 Å². The fraction of sp³-hybridized carbons (Fsp3) is 0.765. The molecule has 1 atom stereocenters. The summed E-state index contributed by atoms with van der Waals surface area (Å²) in [4.78, 5) is 22.2. The van der Waals surface area contributed by atoms with Crippen LogP contribution in [0.25, 0.3) is 0 Å². The monoisotopic (exact) mass is 282 g/mol. The molecule has 0 aliphatic rings. The Hall–Kier alpha value is -1.12. The van der Waals surface area contributed by atoms with Gasteiger partial charge in [0.2, 0.25) is 0 Å². The summed E-state index contributed by atoms with van der Waals surface area (Å²) in [5.74, 6) is -0.0873. The molecule has 3 heteroatoms. The second-order valence-corrected chi connectivity index (χ2v) is 5.27. The van der Waals surface area contributed by atoms with E-state index in [0.29, 0.717) is 19.4 Å². The van der Waals surface area contributed by atoms with Crippen LogP contribution in [-0.4, -0.2) is 18.9 Å². The molecule has 0 saturated heterocycles. The van der Waals surface area contributed by atoms with Crippen molar-refractivity contribution in [2.75, 3.05) is 6.61 Å². The topological polar surface area (TPSA) is 43.4 Å². The maximum absolute atomic E-state index is 11.7. The number of hydrogen-bond acceptors (Lipinski definition) is 3. The number of hydrogen-bond donors (Lipinski definition) is 0. The van der Waals surface area contributed by atoms with E-state index in [-0.39, 0.29) is 11.9 Å². The fourth-order valence-corrected chi connectivity index (χ4v) is 2.09. The van der Waals surface area contributed by atoms with E-state index in [9.17, 15) is 9.59 Å². The number of esters is 1. The first kappa shape index (κ1) is 18.9. The van der Waals surface area contributed by atoms with Gasteiger partial charge in [0.1, 0.15) is 6.29 Å². The summed E-state index contributed by atoms with van der Waals surface area (Å²) in [6.07, 6.45) is 13.5. The zero-order valence-corrected chi connectivity index (χ0v) is 13.1. The third kappa shape index (κ3) is 11.9. The minimum absolute atomic E-state index is 0.0840. The second kappa shape index (κ2) is 14.3. The predicted molar refractivity (Wildman–Crippen MR) is 82.6 cm³/mol. The van der Waals surface area contributed by atoms with E-state index in [4.69, 9.17) is 4.74 Å². The number of rotatable bonds is 13. The van der Waals surface area contributed by atoms with Gasteiger partial charge in [-0.15, -0.1) is 0 Å². The Kier molecular flexibility index (Phi) is 13.5. The van der Waals surface area contributed by atoms with Crippen LogP contribution in [0.5, 0.6) is 0 Å². The van der Waals surface area contributed by atoms with Crippen molar-refractivity contribution in [1.82, 2.24) is 0 Å². The number of carbonyl (C=O) groups is 2. The lowest BCUT2D eigenvalue weighted by molar-refractivity contribution is -0.144. The van der Waals surface area contributed by atoms with Gasteiger partial charge < -0.3 is 9.53 Å². The Morgan fingerprint density at radius 2 is 1.80 bits per heavy atom. The first-order chi connectivity index (χ1) is 9.74. The highest BCUT2D eigenvalue weighted by Crippen LogP contribution is 2.14. The summed E-state index contributed by atoms with van der Waals surface area (Å²) < 4.78 is 5.23. The second-order valence-electron chi connectivity index (χ2n) is 5.27. The molecular weight excluding hydrogens is 252 g/mol. The van der Waals surface area contributed by atoms with Crippen LogP contribution in [0.2, 0.25) is 0 Å². The quantitative estimate of drug-likeness (QED) is 0.217. The zero-order chi connectivity index (χ0) is 15.1. The van der Waals surface area contributed by atoms with Gasteiger partial charge in [0, 0.05) is 12.8 Å². The Morgan fingerprint density at radius 3 is 2.45 bits per heavy atom. The Morgan fingerprint density at radius 1 is 1.10 bits per heavy atom. The van der Waals surface area contributed by atoms with Crippen LogP contribution >= 0.6 is 0 Å². The van der Waals surface area contributed by atoms with Crippen LogP contribution in [0, 0.1) is 5.92 Å². The van der Waals surface area contributed by atoms with E-state index in [1.807, 2.05) is 19.1 Å². The highest BCUT2D eigenvalue weighted by Gasteiger charge is 2.13. The molecule has 0 heterocycles. The van der Waals surface area contributed by atoms with Crippen molar-refractivity contribution in [2.24, 2.45) is 5.92 Å². The standard InChI is InChI=1S/C17H30O3/c1-3-5-7-8-9-10-14-20-17(19)15-16(12-13-18)11-6-4-2/h4,6,13,16H,3,5,7-12,14-15H2,1-2H3/b6-4+. The number of unbranched alkanes of at least 4 members (excludes halogenated alkanes) is 5. The van der Waals surface area contributed by atoms with Gasteiger partial charge in [0.25, 0.3) is 0 Å². The molecule has 0 aliphatic heterocycles. The first-order valence-corrected chi connectivity index (χ1v) is 7.95. The molecule has 0 bridgehead atoms. The number of carbonyl (C=O) groups excluding carboxylic acids is 2. The van der Waals surface area contributed by atoms with E-state index in [1.165, 1.54) is 25.7 Å². The molecule has 1 unspecified atom stereocenters. The van der Waals surface area contributed by atoms with Crippen molar-refractivity contribution in [3.8, 4) is 0 Å². The summed E-state index contributed by atoms with van der Waals surface area (Å²) in [5.41, 5.74) is 0. The van der Waals surface area contributed by atoms with E-state index < -0.39 is 0 Å². The van der Waals surface area contributed by atoms with Crippen molar-refractivity contribution in [3.63, 3.8) is 0 Å². The molecule has 0 amide bonds. The molecule has 0 radical (unpaired) electrons. The molecule has 0 aliphatic carbocycles. The highest BCUT2D eigenvalue weighted by atomic mass is 16.5. The van der Waals surface area contributed by atoms with Crippen molar-refractivity contribution in [3.05, 3.63) is 12.2 Å². The van der Waals surface area contributed by atoms with Crippen LogP contribution in [0.1, 0.15) is 71.6 Å². The first-order valence-electron chi connectivity index (χ1n) is 7.95. The van der Waals surface area contributed by atoms with Crippen molar-refractivity contribution in [2.45, 2.75) is 71.6 Å². The summed E-state index contributed by atoms with van der Waals surface area (Å²) in [6.45, 7) is 4.66. The van der Waals surface area contributed by atoms with Crippen LogP contribution in [0.4, 0.5) is 0 Å². The van der Waals surface area contributed by atoms with E-state index in [0.717, 1.165) is 25.5 Å². The molecule has 0 spiro atoms. The molecule has 0 rings (SSSR count). The Labute approximate surface area is 123 Å². The molecule has 0 aromatic rings. The summed E-state index contributed by atoms with van der Waals surface area (Å²) in [7, 11) is 0. The molecule has 0 aromatic carbocycles. The third-order valence-corrected chi connectivity index (χ3v) is 3.35. The molecule has 116 valence electrons. The van der Waals surface area contributed by atoms with Gasteiger partial charge in [0.15, 0.2) is 0 Å². The van der Waals surface area contributed by atoms with Gasteiger partial charge in [-0.2, -0.15) is 0 Å². The molecule has 3 nitrogen and oxygen atoms in total. The van der Waals surface area contributed by atoms with Gasteiger partial charge in [-0.1, -0.05) is 51.2 Å². The van der Waals surface area contributed by atoms with E-state index >= 15 is 0 Å². The maximum Gasteiger partial charge on any atom is 0.306 e. The normalized spacial score (nSPS) is 12.5. The number of allylic oxidation sites excluding steroid dienone is 2. The highest BCUT2D eigenvalue weighted by molar-refractivity contribution is 5.70. The van der Waals surface area contributed by atoms with Crippen LogP contribution < -0.4 is 0 Å². The molecule has 20 heavy (non-hydrogen) atoms. The van der Waals surface area contributed by atoms with Crippen LogP contribution in [-0.2, 0) is 14.3 Å².